The maximum Gasteiger partial charge on any atom is 0.422 e. The van der Waals surface area contributed by atoms with Crippen molar-refractivity contribution in [1.29, 1.82) is 0 Å². The quantitative estimate of drug-likeness (QED) is 0.678. The van der Waals surface area contributed by atoms with Crippen LogP contribution in [0.25, 0.3) is 0 Å². The molecule has 1 rings (SSSR count). The number of alkyl halides is 2. The van der Waals surface area contributed by atoms with Gasteiger partial charge in [0.1, 0.15) is 5.60 Å². The fourth-order valence-electron chi connectivity index (χ4n) is 1.46. The van der Waals surface area contributed by atoms with Gasteiger partial charge >= 0.3 is 6.09 Å². The van der Waals surface area contributed by atoms with Crippen molar-refractivity contribution in [1.82, 2.24) is 16.2 Å². The summed E-state index contributed by atoms with van der Waals surface area (Å²) < 4.78 is 31.6. The number of rotatable bonds is 2. The number of carbonyl (C=O) groups excluding carboxylic acids is 1. The minimum Gasteiger partial charge on any atom is -0.443 e. The Labute approximate surface area is 113 Å². The molecular weight excluding hydrogens is 256 g/mol. The van der Waals surface area contributed by atoms with Gasteiger partial charge in [0.25, 0.3) is 5.92 Å². The SMILES string of the molecule is CC.CC(C)(C)OC(=O)NNC1CCNCC1(F)F. The van der Waals surface area contributed by atoms with Crippen molar-refractivity contribution < 1.29 is 18.3 Å². The molecular formula is C12H25F2N3O2. The van der Waals surface area contributed by atoms with Crippen molar-refractivity contribution in [3.05, 3.63) is 0 Å². The molecule has 1 heterocycles. The van der Waals surface area contributed by atoms with Gasteiger partial charge in [0.2, 0.25) is 0 Å². The first kappa shape index (κ1) is 18.0. The highest BCUT2D eigenvalue weighted by molar-refractivity contribution is 5.67. The van der Waals surface area contributed by atoms with E-state index in [0.29, 0.717) is 6.54 Å². The molecule has 3 N–H and O–H groups in total. The maximum atomic E-state index is 13.3. The summed E-state index contributed by atoms with van der Waals surface area (Å²) >= 11 is 0. The van der Waals surface area contributed by atoms with Gasteiger partial charge in [-0.25, -0.2) is 19.0 Å². The number of hydrogen-bond donors (Lipinski definition) is 3. The van der Waals surface area contributed by atoms with Crippen molar-refractivity contribution >= 4 is 6.09 Å². The van der Waals surface area contributed by atoms with Crippen LogP contribution in [0.5, 0.6) is 0 Å². The molecule has 0 saturated carbocycles. The van der Waals surface area contributed by atoms with E-state index in [4.69, 9.17) is 4.74 Å². The lowest BCUT2D eigenvalue weighted by molar-refractivity contribution is -0.0560. The monoisotopic (exact) mass is 281 g/mol. The molecule has 1 fully saturated rings. The first-order chi connectivity index (χ1) is 8.71. The highest BCUT2D eigenvalue weighted by Crippen LogP contribution is 2.22. The van der Waals surface area contributed by atoms with Crippen LogP contribution in [0.4, 0.5) is 13.6 Å². The van der Waals surface area contributed by atoms with Gasteiger partial charge in [0, 0.05) is 0 Å². The third kappa shape index (κ3) is 7.27. The lowest BCUT2D eigenvalue weighted by Gasteiger charge is -2.32. The van der Waals surface area contributed by atoms with Gasteiger partial charge in [-0.15, -0.1) is 0 Å². The number of hydrazine groups is 1. The molecule has 0 aromatic rings. The summed E-state index contributed by atoms with van der Waals surface area (Å²) in [7, 11) is 0. The summed E-state index contributed by atoms with van der Waals surface area (Å²) in [6.07, 6.45) is -0.519. The van der Waals surface area contributed by atoms with Crippen molar-refractivity contribution in [2.24, 2.45) is 0 Å². The summed E-state index contributed by atoms with van der Waals surface area (Å²) in [5.74, 6) is -2.88. The zero-order valence-corrected chi connectivity index (χ0v) is 12.3. The molecule has 1 unspecified atom stereocenters. The normalized spacial score (nSPS) is 21.9. The second-order valence-electron chi connectivity index (χ2n) is 5.05. The van der Waals surface area contributed by atoms with Crippen LogP contribution in [0.3, 0.4) is 0 Å². The largest absolute Gasteiger partial charge is 0.443 e. The molecule has 0 aromatic heterocycles. The maximum absolute atomic E-state index is 13.3. The van der Waals surface area contributed by atoms with Gasteiger partial charge in [-0.3, -0.25) is 5.43 Å². The van der Waals surface area contributed by atoms with Gasteiger partial charge in [-0.05, 0) is 33.7 Å². The molecule has 0 radical (unpaired) electrons. The molecule has 1 aliphatic rings. The molecule has 1 saturated heterocycles. The smallest absolute Gasteiger partial charge is 0.422 e. The second-order valence-corrected chi connectivity index (χ2v) is 5.05. The van der Waals surface area contributed by atoms with Crippen LogP contribution in [0.1, 0.15) is 41.0 Å². The highest BCUT2D eigenvalue weighted by Gasteiger charge is 2.41. The topological polar surface area (TPSA) is 62.4 Å². The molecule has 1 atom stereocenters. The standard InChI is InChI=1S/C10H19F2N3O2.C2H6/c1-9(2,3)17-8(16)15-14-7-4-5-13-6-10(7,11)12;1-2/h7,13-14H,4-6H2,1-3H3,(H,15,16);1-2H3. The van der Waals surface area contributed by atoms with E-state index in [9.17, 15) is 13.6 Å². The molecule has 0 spiro atoms. The van der Waals surface area contributed by atoms with Crippen LogP contribution in [0.2, 0.25) is 0 Å². The van der Waals surface area contributed by atoms with Crippen molar-refractivity contribution in [2.75, 3.05) is 13.1 Å². The van der Waals surface area contributed by atoms with Gasteiger partial charge in [0.05, 0.1) is 12.6 Å². The van der Waals surface area contributed by atoms with Gasteiger partial charge < -0.3 is 10.1 Å². The van der Waals surface area contributed by atoms with Crippen LogP contribution in [0.15, 0.2) is 0 Å². The Morgan fingerprint density at radius 1 is 1.37 bits per heavy atom. The molecule has 0 aliphatic carbocycles. The van der Waals surface area contributed by atoms with Gasteiger partial charge in [-0.1, -0.05) is 13.8 Å². The molecule has 0 bridgehead atoms. The molecule has 19 heavy (non-hydrogen) atoms. The van der Waals surface area contributed by atoms with E-state index in [1.807, 2.05) is 13.8 Å². The van der Waals surface area contributed by atoms with E-state index < -0.39 is 23.7 Å². The van der Waals surface area contributed by atoms with Crippen molar-refractivity contribution in [3.63, 3.8) is 0 Å². The van der Waals surface area contributed by atoms with Crippen LogP contribution in [0, 0.1) is 0 Å². The van der Waals surface area contributed by atoms with Gasteiger partial charge in [0.15, 0.2) is 0 Å². The number of nitrogens with one attached hydrogen (secondary N) is 3. The number of piperidine rings is 1. The van der Waals surface area contributed by atoms with Gasteiger partial charge in [-0.2, -0.15) is 0 Å². The number of halogens is 2. The number of hydrogen-bond acceptors (Lipinski definition) is 4. The lowest BCUT2D eigenvalue weighted by Crippen LogP contribution is -2.60. The second kappa shape index (κ2) is 7.59. The fourth-order valence-corrected chi connectivity index (χ4v) is 1.46. The Kier molecular flexibility index (Phi) is 7.21. The predicted molar refractivity (Wildman–Crippen MR) is 70.1 cm³/mol. The minimum atomic E-state index is -2.88. The van der Waals surface area contributed by atoms with E-state index in [1.165, 1.54) is 0 Å². The molecule has 114 valence electrons. The first-order valence-corrected chi connectivity index (χ1v) is 6.54. The third-order valence-electron chi connectivity index (χ3n) is 2.23. The third-order valence-corrected chi connectivity index (χ3v) is 2.23. The number of amides is 1. The fraction of sp³-hybridized carbons (Fsp3) is 0.917. The van der Waals surface area contributed by atoms with E-state index in [2.05, 4.69) is 16.2 Å². The highest BCUT2D eigenvalue weighted by atomic mass is 19.3. The predicted octanol–water partition coefficient (Wildman–Crippen LogP) is 2.04. The summed E-state index contributed by atoms with van der Waals surface area (Å²) in [5.41, 5.74) is 3.81. The molecule has 5 nitrogen and oxygen atoms in total. The Balaban J connectivity index is 0.00000154. The summed E-state index contributed by atoms with van der Waals surface area (Å²) in [6.45, 7) is 9.20. The van der Waals surface area contributed by atoms with E-state index >= 15 is 0 Å². The average molecular weight is 281 g/mol. The van der Waals surface area contributed by atoms with E-state index in [1.54, 1.807) is 20.8 Å². The Morgan fingerprint density at radius 2 is 1.95 bits per heavy atom. The van der Waals surface area contributed by atoms with E-state index in [0.717, 1.165) is 0 Å². The van der Waals surface area contributed by atoms with Crippen molar-refractivity contribution in [3.8, 4) is 0 Å². The summed E-state index contributed by atoms with van der Waals surface area (Å²) in [4.78, 5) is 11.3. The lowest BCUT2D eigenvalue weighted by atomic mass is 10.0. The van der Waals surface area contributed by atoms with Crippen LogP contribution in [-0.4, -0.2) is 36.7 Å². The number of ether oxygens (including phenoxy) is 1. The Hall–Kier alpha value is -0.950. The Bertz CT molecular complexity index is 281. The molecule has 7 heteroatoms. The zero-order chi connectivity index (χ0) is 15.1. The molecule has 1 amide bonds. The van der Waals surface area contributed by atoms with E-state index in [-0.39, 0.29) is 13.0 Å². The molecule has 0 aromatic carbocycles. The summed E-state index contributed by atoms with van der Waals surface area (Å²) in [6, 6.07) is -1.07. The number of carbonyl (C=O) groups is 1. The summed E-state index contributed by atoms with van der Waals surface area (Å²) in [5, 5.41) is 2.60. The van der Waals surface area contributed by atoms with Crippen LogP contribution >= 0.6 is 0 Å². The average Bonchev–Trinajstić information content (AvgIpc) is 2.27. The van der Waals surface area contributed by atoms with Crippen LogP contribution < -0.4 is 16.2 Å². The van der Waals surface area contributed by atoms with Crippen LogP contribution in [-0.2, 0) is 4.74 Å². The minimum absolute atomic E-state index is 0.239. The van der Waals surface area contributed by atoms with Crippen molar-refractivity contribution in [2.45, 2.75) is 58.6 Å². The first-order valence-electron chi connectivity index (χ1n) is 6.54. The molecule has 1 aliphatic heterocycles. The zero-order valence-electron chi connectivity index (χ0n) is 12.3. The Morgan fingerprint density at radius 3 is 2.42 bits per heavy atom.